The Bertz CT molecular complexity index is 3930. The van der Waals surface area contributed by atoms with Crippen LogP contribution in [0.2, 0.25) is 0 Å². The molecule has 0 fully saturated rings. The Morgan fingerprint density at radius 2 is 1.05 bits per heavy atom. The summed E-state index contributed by atoms with van der Waals surface area (Å²) < 4.78 is 46.2. The van der Waals surface area contributed by atoms with Crippen LogP contribution < -0.4 is 15.4 Å². The molecule has 2 aliphatic rings. The molecule has 506 valence electrons. The second kappa shape index (κ2) is 34.3. The number of rotatable bonds is 39. The molecule has 0 aliphatic heterocycles. The van der Waals surface area contributed by atoms with Gasteiger partial charge in [-0.15, -0.1) is 0 Å². The number of methoxy groups -OCH3 is 1. The molecular weight excluding hydrogens is 1200 g/mol. The van der Waals surface area contributed by atoms with Crippen LogP contribution in [0.3, 0.4) is 0 Å². The monoisotopic (exact) mass is 1300 g/mol. The number of carbonyl (C=O) groups excluding carboxylic acids is 2. The molecule has 0 saturated carbocycles. The lowest BCUT2D eigenvalue weighted by molar-refractivity contribution is 0.00443. The van der Waals surface area contributed by atoms with Crippen molar-refractivity contribution in [1.82, 2.24) is 0 Å². The van der Waals surface area contributed by atoms with Crippen LogP contribution in [0.4, 0.5) is 11.4 Å². The average Bonchev–Trinajstić information content (AvgIpc) is 1.52. The van der Waals surface area contributed by atoms with Crippen LogP contribution in [-0.2, 0) is 63.4 Å². The number of fused-ring (bicyclic) bond motifs is 6. The Hall–Kier alpha value is -7.98. The first-order chi connectivity index (χ1) is 46.9. The van der Waals surface area contributed by atoms with E-state index in [1.54, 1.807) is 21.0 Å². The zero-order valence-corrected chi connectivity index (χ0v) is 57.7. The number of nitrogens with one attached hydrogen (secondary N) is 2. The summed E-state index contributed by atoms with van der Waals surface area (Å²) in [4.78, 5) is 28.7. The predicted molar refractivity (Wildman–Crippen MR) is 385 cm³/mol. The Labute approximate surface area is 569 Å². The molecule has 0 heterocycles. The number of hydrogen-bond acceptors (Lipinski definition) is 13. The van der Waals surface area contributed by atoms with Crippen LogP contribution in [-0.4, -0.2) is 124 Å². The molecule has 13 nitrogen and oxygen atoms in total. The molecule has 0 radical (unpaired) electrons. The maximum absolute atomic E-state index is 14.5. The number of unbranched alkanes of at least 4 members (excludes halogenated alkanes) is 4. The van der Waals surface area contributed by atoms with Gasteiger partial charge in [-0.3, -0.25) is 4.79 Å². The molecule has 3 N–H and O–H groups in total. The molecule has 0 spiro atoms. The standard InChI is InChI=1S/C83H98N2O11/c1-9-11-12-13-17-60-19-16-20-65(50-60)82(35-15-14-18-61-23-33-78(84-6)79(51-61)85-7)74-48-57(3)21-29-68(74)69-31-25-62(52-75(69)82)63-26-32-71-70-30-22-58(4)49-76(70)83(77(71)53-63,66-27-24-64(72(54-66)59(5)87)56-94-45-44-92-41-40-90-37-36-86)67-28-34-80(73(55-67)81(88)95-10-2)96-47-46-93-43-42-91-39-38-89-8/h16,19-34,48-55,84-86H,9-15,17-18,35-47,56H2,1-8H3. The van der Waals surface area contributed by atoms with E-state index in [9.17, 15) is 9.59 Å². The van der Waals surface area contributed by atoms with Gasteiger partial charge < -0.3 is 53.6 Å². The normalized spacial score (nSPS) is 15.1. The van der Waals surface area contributed by atoms with Gasteiger partial charge >= 0.3 is 5.97 Å². The largest absolute Gasteiger partial charge is 0.490 e. The third-order valence-electron chi connectivity index (χ3n) is 19.0. The van der Waals surface area contributed by atoms with E-state index in [0.717, 1.165) is 106 Å². The minimum atomic E-state index is -1.10. The van der Waals surface area contributed by atoms with Crippen molar-refractivity contribution in [2.24, 2.45) is 0 Å². The van der Waals surface area contributed by atoms with E-state index in [1.165, 1.54) is 63.8 Å². The van der Waals surface area contributed by atoms with Gasteiger partial charge in [0.15, 0.2) is 5.78 Å². The number of ether oxygens (including phenoxy) is 8. The van der Waals surface area contributed by atoms with Crippen LogP contribution in [0.5, 0.6) is 5.75 Å². The number of ketones is 1. The summed E-state index contributed by atoms with van der Waals surface area (Å²) in [5.41, 5.74) is 21.6. The van der Waals surface area contributed by atoms with Gasteiger partial charge in [-0.25, -0.2) is 4.79 Å². The maximum Gasteiger partial charge on any atom is 0.341 e. The summed E-state index contributed by atoms with van der Waals surface area (Å²) in [5, 5.41) is 15.8. The van der Waals surface area contributed by atoms with E-state index in [0.29, 0.717) is 64.2 Å². The number of benzene rings is 8. The average molecular weight is 1300 g/mol. The first-order valence-electron chi connectivity index (χ1n) is 34.6. The fourth-order valence-electron chi connectivity index (χ4n) is 14.4. The number of esters is 1. The first-order valence-corrected chi connectivity index (χ1v) is 34.6. The number of hydrogen-bond donors (Lipinski definition) is 3. The van der Waals surface area contributed by atoms with E-state index >= 15 is 0 Å². The highest BCUT2D eigenvalue weighted by Gasteiger charge is 2.48. The predicted octanol–water partition coefficient (Wildman–Crippen LogP) is 16.2. The highest BCUT2D eigenvalue weighted by Crippen LogP contribution is 2.60. The second-order valence-electron chi connectivity index (χ2n) is 25.3. The van der Waals surface area contributed by atoms with Crippen molar-refractivity contribution in [1.29, 1.82) is 0 Å². The summed E-state index contributed by atoms with van der Waals surface area (Å²) in [7, 11) is 5.59. The van der Waals surface area contributed by atoms with Crippen molar-refractivity contribution >= 4 is 23.1 Å². The molecular formula is C83H98N2O11. The molecule has 0 aromatic heterocycles. The van der Waals surface area contributed by atoms with Crippen molar-refractivity contribution in [2.75, 3.05) is 118 Å². The summed E-state index contributed by atoms with van der Waals surface area (Å²) in [6, 6.07) is 56.1. The van der Waals surface area contributed by atoms with Crippen LogP contribution in [0.1, 0.15) is 153 Å². The number of Topliss-reactive ketones (excluding diaryl/α,β-unsaturated/α-hetero) is 1. The minimum Gasteiger partial charge on any atom is -0.490 e. The first kappa shape index (κ1) is 70.8. The molecule has 0 bridgehead atoms. The zero-order chi connectivity index (χ0) is 67.4. The SMILES string of the molecule is CCCCCCc1cccc(C2(CCCCc3ccc(NC)c(NC)c3)c3cc(C)ccc3-c3ccc(-c4ccc5c(c4)C(c4ccc(COCCOCCOCCO)c(C(C)=O)c4)(c4ccc(OCCOCCOCCOC)c(C(=O)OCC)c4)c4cc(C)ccc4-5)cc32)c1. The molecule has 0 saturated heterocycles. The number of aryl methyl sites for hydroxylation is 4. The molecule has 0 amide bonds. The van der Waals surface area contributed by atoms with Crippen LogP contribution in [0.25, 0.3) is 33.4 Å². The van der Waals surface area contributed by atoms with E-state index in [2.05, 4.69) is 159 Å². The van der Waals surface area contributed by atoms with Gasteiger partial charge in [-0.1, -0.05) is 153 Å². The Balaban J connectivity index is 1.12. The molecule has 13 heteroatoms. The topological polar surface area (TPSA) is 152 Å². The van der Waals surface area contributed by atoms with E-state index in [-0.39, 0.29) is 51.0 Å². The molecule has 96 heavy (non-hydrogen) atoms. The third kappa shape index (κ3) is 15.9. The number of aliphatic hydroxyl groups is 1. The molecule has 2 aliphatic carbocycles. The second-order valence-corrected chi connectivity index (χ2v) is 25.3. The smallest absolute Gasteiger partial charge is 0.341 e. The van der Waals surface area contributed by atoms with Crippen molar-refractivity contribution in [3.8, 4) is 39.1 Å². The summed E-state index contributed by atoms with van der Waals surface area (Å²) >= 11 is 0. The van der Waals surface area contributed by atoms with E-state index in [1.807, 2.05) is 38.4 Å². The van der Waals surface area contributed by atoms with Crippen molar-refractivity contribution in [3.05, 3.63) is 230 Å². The quantitative estimate of drug-likeness (QED) is 0.0191. The van der Waals surface area contributed by atoms with E-state index in [4.69, 9.17) is 43.0 Å². The fourth-order valence-corrected chi connectivity index (χ4v) is 14.4. The highest BCUT2D eigenvalue weighted by molar-refractivity contribution is 5.98. The number of anilines is 2. The summed E-state index contributed by atoms with van der Waals surface area (Å²) in [6.45, 7) is 14.2. The maximum atomic E-state index is 14.5. The lowest BCUT2D eigenvalue weighted by atomic mass is 9.66. The molecule has 10 rings (SSSR count). The van der Waals surface area contributed by atoms with Gasteiger partial charge in [0.2, 0.25) is 0 Å². The van der Waals surface area contributed by atoms with Crippen molar-refractivity contribution in [3.63, 3.8) is 0 Å². The Morgan fingerprint density at radius 3 is 1.70 bits per heavy atom. The Morgan fingerprint density at radius 1 is 0.490 bits per heavy atom. The summed E-state index contributed by atoms with van der Waals surface area (Å²) in [5.74, 6) is -0.254. The van der Waals surface area contributed by atoms with Gasteiger partial charge in [0.1, 0.15) is 17.9 Å². The lowest BCUT2D eigenvalue weighted by Crippen LogP contribution is -2.30. The fraction of sp³-hybridized carbons (Fsp3) is 0.398. The minimum absolute atomic E-state index is 0.0450. The molecule has 2 atom stereocenters. The summed E-state index contributed by atoms with van der Waals surface area (Å²) in [6.07, 6.45) is 9.74. The van der Waals surface area contributed by atoms with Crippen molar-refractivity contribution < 1.29 is 52.6 Å². The van der Waals surface area contributed by atoms with Crippen LogP contribution in [0.15, 0.2) is 152 Å². The van der Waals surface area contributed by atoms with Gasteiger partial charge in [0.25, 0.3) is 0 Å². The van der Waals surface area contributed by atoms with Crippen LogP contribution in [0, 0.1) is 13.8 Å². The number of carbonyl (C=O) groups is 2. The van der Waals surface area contributed by atoms with Crippen molar-refractivity contribution in [2.45, 2.75) is 110 Å². The molecule has 2 unspecified atom stereocenters. The molecule has 8 aromatic rings. The van der Waals surface area contributed by atoms with Gasteiger partial charge in [-0.05, 0) is 191 Å². The van der Waals surface area contributed by atoms with Gasteiger partial charge in [-0.2, -0.15) is 0 Å². The highest BCUT2D eigenvalue weighted by atomic mass is 16.6. The van der Waals surface area contributed by atoms with Gasteiger partial charge in [0.05, 0.1) is 103 Å². The third-order valence-corrected chi connectivity index (χ3v) is 19.0. The van der Waals surface area contributed by atoms with Crippen LogP contribution >= 0.6 is 0 Å². The lowest BCUT2D eigenvalue weighted by Gasteiger charge is -2.35. The van der Waals surface area contributed by atoms with Gasteiger partial charge in [0, 0.05) is 32.2 Å². The zero-order valence-electron chi connectivity index (χ0n) is 57.7. The van der Waals surface area contributed by atoms with E-state index < -0.39 is 16.8 Å². The number of aliphatic hydroxyl groups excluding tert-OH is 1. The molecule has 8 aromatic carbocycles. The Kier molecular flexibility index (Phi) is 25.3.